The van der Waals surface area contributed by atoms with Gasteiger partial charge in [0, 0.05) is 6.54 Å². The molecule has 2 fully saturated rings. The van der Waals surface area contributed by atoms with Gasteiger partial charge in [-0.15, -0.1) is 0 Å². The number of carboxylic acids is 1. The molecule has 20 heavy (non-hydrogen) atoms. The van der Waals surface area contributed by atoms with Crippen molar-refractivity contribution in [2.75, 3.05) is 6.54 Å². The van der Waals surface area contributed by atoms with Crippen molar-refractivity contribution in [2.24, 2.45) is 23.7 Å². The average Bonchev–Trinajstić information content (AvgIpc) is 3.22. The van der Waals surface area contributed by atoms with Crippen molar-refractivity contribution in [3.05, 3.63) is 0 Å². The fourth-order valence-electron chi connectivity index (χ4n) is 2.88. The number of nitrogens with one attached hydrogen (secondary N) is 2. The number of carboxylic acid groups (broad SMARTS) is 1. The highest BCUT2D eigenvalue weighted by molar-refractivity contribution is 5.82. The summed E-state index contributed by atoms with van der Waals surface area (Å²) in [7, 11) is 0. The molecule has 0 saturated heterocycles. The summed E-state index contributed by atoms with van der Waals surface area (Å²) in [6.07, 6.45) is 5.60. The Hall–Kier alpha value is -1.26. The van der Waals surface area contributed by atoms with Gasteiger partial charge in [0.25, 0.3) is 0 Å². The summed E-state index contributed by atoms with van der Waals surface area (Å²) in [4.78, 5) is 22.9. The Morgan fingerprint density at radius 2 is 1.70 bits per heavy atom. The van der Waals surface area contributed by atoms with Crippen LogP contribution < -0.4 is 10.6 Å². The van der Waals surface area contributed by atoms with Crippen LogP contribution in [0.1, 0.15) is 46.0 Å². The molecule has 0 bridgehead atoms. The predicted molar refractivity (Wildman–Crippen MR) is 76.4 cm³/mol. The van der Waals surface area contributed by atoms with Crippen LogP contribution in [0.3, 0.4) is 0 Å². The Morgan fingerprint density at radius 3 is 2.10 bits per heavy atom. The van der Waals surface area contributed by atoms with Crippen LogP contribution in [-0.4, -0.2) is 29.7 Å². The van der Waals surface area contributed by atoms with Crippen LogP contribution in [0, 0.1) is 23.7 Å². The summed E-state index contributed by atoms with van der Waals surface area (Å²) in [5.41, 5.74) is 0. The van der Waals surface area contributed by atoms with Gasteiger partial charge in [0.15, 0.2) is 0 Å². The molecule has 0 aromatic heterocycles. The average molecular weight is 282 g/mol. The van der Waals surface area contributed by atoms with Gasteiger partial charge in [-0.3, -0.25) is 0 Å². The molecule has 0 heterocycles. The molecule has 2 aliphatic carbocycles. The molecule has 1 atom stereocenters. The molecule has 114 valence electrons. The molecule has 2 amide bonds. The second-order valence-corrected chi connectivity index (χ2v) is 6.71. The van der Waals surface area contributed by atoms with Gasteiger partial charge in [0.1, 0.15) is 6.04 Å². The summed E-state index contributed by atoms with van der Waals surface area (Å²) in [6, 6.07) is -1.14. The number of carbonyl (C=O) groups is 2. The third kappa shape index (κ3) is 4.69. The van der Waals surface area contributed by atoms with E-state index in [0.29, 0.717) is 18.9 Å². The molecular weight excluding hydrogens is 256 g/mol. The van der Waals surface area contributed by atoms with Crippen LogP contribution >= 0.6 is 0 Å². The van der Waals surface area contributed by atoms with E-state index in [1.54, 1.807) is 0 Å². The highest BCUT2D eigenvalue weighted by atomic mass is 16.4. The largest absolute Gasteiger partial charge is 0.480 e. The minimum absolute atomic E-state index is 0.238. The lowest BCUT2D eigenvalue weighted by atomic mass is 9.98. The summed E-state index contributed by atoms with van der Waals surface area (Å²) in [6.45, 7) is 4.59. The van der Waals surface area contributed by atoms with E-state index in [4.69, 9.17) is 5.11 Å². The van der Waals surface area contributed by atoms with Crippen molar-refractivity contribution < 1.29 is 14.7 Å². The molecule has 2 saturated carbocycles. The third-order valence-corrected chi connectivity index (χ3v) is 4.26. The first-order chi connectivity index (χ1) is 9.47. The van der Waals surface area contributed by atoms with Gasteiger partial charge in [0.05, 0.1) is 0 Å². The lowest BCUT2D eigenvalue weighted by Crippen LogP contribution is -2.47. The monoisotopic (exact) mass is 282 g/mol. The van der Waals surface area contributed by atoms with E-state index in [1.165, 1.54) is 25.7 Å². The van der Waals surface area contributed by atoms with Gasteiger partial charge >= 0.3 is 12.0 Å². The topological polar surface area (TPSA) is 78.4 Å². The number of urea groups is 1. The highest BCUT2D eigenvalue weighted by Crippen LogP contribution is 2.48. The molecule has 0 spiro atoms. The van der Waals surface area contributed by atoms with Crippen molar-refractivity contribution in [1.82, 2.24) is 10.6 Å². The van der Waals surface area contributed by atoms with Crippen molar-refractivity contribution in [1.29, 1.82) is 0 Å². The Bertz CT molecular complexity index is 350. The maximum atomic E-state index is 11.8. The van der Waals surface area contributed by atoms with E-state index in [-0.39, 0.29) is 11.9 Å². The number of aliphatic carboxylic acids is 1. The molecule has 0 aromatic rings. The minimum atomic E-state index is -0.963. The van der Waals surface area contributed by atoms with E-state index < -0.39 is 12.0 Å². The fraction of sp³-hybridized carbons (Fsp3) is 0.867. The van der Waals surface area contributed by atoms with Crippen LogP contribution in [0.25, 0.3) is 0 Å². The van der Waals surface area contributed by atoms with Gasteiger partial charge in [-0.25, -0.2) is 9.59 Å². The minimum Gasteiger partial charge on any atom is -0.480 e. The van der Waals surface area contributed by atoms with Gasteiger partial charge in [-0.2, -0.15) is 0 Å². The second-order valence-electron chi connectivity index (χ2n) is 6.71. The van der Waals surface area contributed by atoms with Crippen LogP contribution in [0.15, 0.2) is 0 Å². The molecule has 5 heteroatoms. The molecule has 5 nitrogen and oxygen atoms in total. The Balaban J connectivity index is 1.74. The maximum Gasteiger partial charge on any atom is 0.326 e. The Labute approximate surface area is 120 Å². The number of rotatable bonds is 8. The van der Waals surface area contributed by atoms with E-state index >= 15 is 0 Å². The third-order valence-electron chi connectivity index (χ3n) is 4.26. The Morgan fingerprint density at radius 1 is 1.15 bits per heavy atom. The molecule has 1 unspecified atom stereocenters. The van der Waals surface area contributed by atoms with Crippen molar-refractivity contribution in [2.45, 2.75) is 52.0 Å². The zero-order chi connectivity index (χ0) is 14.7. The smallest absolute Gasteiger partial charge is 0.326 e. The Kier molecular flexibility index (Phi) is 4.89. The first kappa shape index (κ1) is 15.1. The van der Waals surface area contributed by atoms with Crippen LogP contribution in [0.2, 0.25) is 0 Å². The maximum absolute atomic E-state index is 11.8. The molecule has 2 rings (SSSR count). The molecule has 2 aliphatic rings. The zero-order valence-corrected chi connectivity index (χ0v) is 12.4. The van der Waals surface area contributed by atoms with E-state index in [1.807, 2.05) is 13.8 Å². The lowest BCUT2D eigenvalue weighted by Gasteiger charge is -2.19. The predicted octanol–water partition coefficient (Wildman–Crippen LogP) is 2.22. The van der Waals surface area contributed by atoms with E-state index in [2.05, 4.69) is 10.6 Å². The van der Waals surface area contributed by atoms with Gasteiger partial charge in [-0.05, 0) is 55.8 Å². The second kappa shape index (κ2) is 6.46. The zero-order valence-electron chi connectivity index (χ0n) is 12.4. The lowest BCUT2D eigenvalue weighted by molar-refractivity contribution is -0.139. The molecule has 0 aliphatic heterocycles. The quantitative estimate of drug-likeness (QED) is 0.638. The van der Waals surface area contributed by atoms with Crippen molar-refractivity contribution in [3.63, 3.8) is 0 Å². The fourth-order valence-corrected chi connectivity index (χ4v) is 2.88. The molecule has 3 N–H and O–H groups in total. The number of hydrogen-bond donors (Lipinski definition) is 3. The van der Waals surface area contributed by atoms with Crippen LogP contribution in [0.4, 0.5) is 4.79 Å². The summed E-state index contributed by atoms with van der Waals surface area (Å²) in [5.74, 6) is 1.45. The van der Waals surface area contributed by atoms with Crippen molar-refractivity contribution >= 4 is 12.0 Å². The summed E-state index contributed by atoms with van der Waals surface area (Å²) in [5, 5.41) is 14.5. The molecule has 0 aromatic carbocycles. The first-order valence-electron chi connectivity index (χ1n) is 7.74. The molecule has 0 radical (unpaired) electrons. The SMILES string of the molecule is CC(C)CC(NC(=O)NCC(C1CC1)C1CC1)C(=O)O. The van der Waals surface area contributed by atoms with Gasteiger partial charge in [0.2, 0.25) is 0 Å². The summed E-state index contributed by atoms with van der Waals surface area (Å²) < 4.78 is 0. The number of hydrogen-bond acceptors (Lipinski definition) is 2. The first-order valence-corrected chi connectivity index (χ1v) is 7.74. The number of carbonyl (C=O) groups excluding carboxylic acids is 1. The summed E-state index contributed by atoms with van der Waals surface area (Å²) >= 11 is 0. The van der Waals surface area contributed by atoms with Crippen molar-refractivity contribution in [3.8, 4) is 0 Å². The standard InChI is InChI=1S/C15H26N2O3/c1-9(2)7-13(14(18)19)17-15(20)16-8-12(10-3-4-10)11-5-6-11/h9-13H,3-8H2,1-2H3,(H,18,19)(H2,16,17,20). The number of amides is 2. The van der Waals surface area contributed by atoms with Crippen LogP contribution in [-0.2, 0) is 4.79 Å². The van der Waals surface area contributed by atoms with E-state index in [9.17, 15) is 9.59 Å². The molecular formula is C15H26N2O3. The normalized spacial score (nSPS) is 20.0. The van der Waals surface area contributed by atoms with Gasteiger partial charge in [-0.1, -0.05) is 13.8 Å². The van der Waals surface area contributed by atoms with E-state index in [0.717, 1.165) is 11.8 Å². The van der Waals surface area contributed by atoms with Gasteiger partial charge < -0.3 is 15.7 Å². The highest BCUT2D eigenvalue weighted by Gasteiger charge is 2.41. The van der Waals surface area contributed by atoms with Crippen LogP contribution in [0.5, 0.6) is 0 Å².